The molecular weight excluding hydrogens is 1000 g/mol. The number of carbonyl (C=O) groups is 2. The third-order valence-corrected chi connectivity index (χ3v) is 14.5. The second-order valence-electron chi connectivity index (χ2n) is 13.4. The highest BCUT2D eigenvalue weighted by Gasteiger charge is 2.35. The number of Topliss-reactive ketones (excluding diaryl/α,β-unsaturated/α-hetero) is 2. The number of hydrogen-bond donors (Lipinski definition) is 10. The van der Waals surface area contributed by atoms with Gasteiger partial charge in [-0.25, -0.2) is 0 Å². The van der Waals surface area contributed by atoms with E-state index in [-0.39, 0.29) is 22.5 Å². The van der Waals surface area contributed by atoms with Crippen LogP contribution in [0, 0.1) is 0 Å². The number of carbonyl (C=O) groups excluding carboxylic acids is 2. The Morgan fingerprint density at radius 3 is 1.02 bits per heavy atom. The molecule has 32 heteroatoms. The van der Waals surface area contributed by atoms with Crippen LogP contribution < -0.4 is 22.3 Å². The molecule has 6 rings (SSSR count). The summed E-state index contributed by atoms with van der Waals surface area (Å²) in [5, 5.41) is 7.59. The number of allylic oxidation sites excluding steroid dienone is 2. The smallest absolute Gasteiger partial charge is 0.296 e. The summed E-state index contributed by atoms with van der Waals surface area (Å²) in [6.45, 7) is 0. The molecule has 0 aliphatic heterocycles. The van der Waals surface area contributed by atoms with Crippen molar-refractivity contribution in [2.24, 2.45) is 10.2 Å². The number of benzene rings is 4. The van der Waals surface area contributed by atoms with Gasteiger partial charge in [-0.1, -0.05) is 36.4 Å². The van der Waals surface area contributed by atoms with Gasteiger partial charge >= 0.3 is 0 Å². The molecule has 0 fully saturated rings. The van der Waals surface area contributed by atoms with E-state index >= 15 is 0 Å². The summed E-state index contributed by atoms with van der Waals surface area (Å²) in [6.07, 6.45) is 5.63. The van der Waals surface area contributed by atoms with Gasteiger partial charge in [0.25, 0.3) is 60.7 Å². The molecule has 12 N–H and O–H groups in total. The van der Waals surface area contributed by atoms with Gasteiger partial charge in [0.2, 0.25) is 11.6 Å². The number of nitrogens with zero attached hydrogens (tertiary/aromatic N) is 2. The molecule has 4 aromatic carbocycles. The van der Waals surface area contributed by atoms with Crippen molar-refractivity contribution in [2.75, 3.05) is 22.3 Å². The van der Waals surface area contributed by atoms with E-state index in [1.165, 1.54) is 0 Å². The van der Waals surface area contributed by atoms with Crippen LogP contribution in [0.1, 0.15) is 43.0 Å². The van der Waals surface area contributed by atoms with Gasteiger partial charge in [0.05, 0.1) is 33.9 Å². The minimum atomic E-state index is -5.25. The first-order valence-corrected chi connectivity index (χ1v) is 25.7. The first kappa shape index (κ1) is 48.9. The monoisotopic (exact) mass is 1030 g/mol. The molecule has 0 radical (unpaired) electrons. The predicted octanol–water partition coefficient (Wildman–Crippen LogP) is 1.86. The van der Waals surface area contributed by atoms with E-state index in [1.807, 2.05) is 0 Å². The highest BCUT2D eigenvalue weighted by Crippen LogP contribution is 2.37. The number of nitrogen functional groups attached to an aromatic ring is 2. The average Bonchev–Trinajstić information content (AvgIpc) is 3.17. The number of ketones is 2. The molecule has 0 bridgehead atoms. The van der Waals surface area contributed by atoms with Gasteiger partial charge in [0.15, 0.2) is 0 Å². The molecule has 0 aromatic heterocycles. The largest absolute Gasteiger partial charge is 0.397 e. The SMILES string of the molecule is Nc1c(S(=O)(=O)O)cc(S(=O)(=O)O)c2c1C(=O)/C(=N\Nc1ccc(/C=C/c3ccc(N/N=C4\C=Cc5c(S(=O)(=O)O)cc(S(=O)(=O)O)c(N)c5C4=O)cc3S(=O)(=O)O)c(S(=O)(=O)O)c1)C=C2. The molecule has 26 nitrogen and oxygen atoms in total. The Kier molecular flexibility index (Phi) is 12.4. The number of hydrogen-bond acceptors (Lipinski definition) is 20. The van der Waals surface area contributed by atoms with E-state index in [0.717, 1.165) is 72.9 Å². The molecule has 0 saturated carbocycles. The van der Waals surface area contributed by atoms with Gasteiger partial charge in [0, 0.05) is 11.1 Å². The fraction of sp³-hybridized carbons (Fsp3) is 0. The van der Waals surface area contributed by atoms with Gasteiger partial charge in [-0.2, -0.15) is 60.7 Å². The molecule has 0 saturated heterocycles. The van der Waals surface area contributed by atoms with Gasteiger partial charge in [-0.05, 0) is 59.7 Å². The number of nitrogens with one attached hydrogen (secondary N) is 2. The normalized spacial score (nSPS) is 15.9. The summed E-state index contributed by atoms with van der Waals surface area (Å²) in [7, 11) is -31.1. The van der Waals surface area contributed by atoms with Gasteiger partial charge in [0.1, 0.15) is 40.8 Å². The van der Waals surface area contributed by atoms with Crippen LogP contribution in [0.3, 0.4) is 0 Å². The number of hydrazone groups is 2. The molecule has 0 atom stereocenters. The fourth-order valence-electron chi connectivity index (χ4n) is 6.27. The summed E-state index contributed by atoms with van der Waals surface area (Å²) in [5.74, 6) is -2.45. The third kappa shape index (κ3) is 9.83. The molecule has 2 aliphatic rings. The molecule has 348 valence electrons. The van der Waals surface area contributed by atoms with Gasteiger partial charge < -0.3 is 11.5 Å². The number of fused-ring (bicyclic) bond motifs is 2. The van der Waals surface area contributed by atoms with Crippen LogP contribution in [0.5, 0.6) is 0 Å². The van der Waals surface area contributed by atoms with Crippen LogP contribution in [-0.2, 0) is 60.7 Å². The topological polar surface area (TPSA) is 461 Å². The number of anilines is 4. The van der Waals surface area contributed by atoms with Gasteiger partial charge in [-0.15, -0.1) is 0 Å². The highest BCUT2D eigenvalue weighted by molar-refractivity contribution is 7.87. The second kappa shape index (κ2) is 16.7. The lowest BCUT2D eigenvalue weighted by atomic mass is 9.93. The Morgan fingerprint density at radius 2 is 0.727 bits per heavy atom. The van der Waals surface area contributed by atoms with Crippen molar-refractivity contribution < 1.29 is 87.4 Å². The Hall–Kier alpha value is -6.56. The van der Waals surface area contributed by atoms with Crippen molar-refractivity contribution in [3.8, 4) is 0 Å². The lowest BCUT2D eigenvalue weighted by Crippen LogP contribution is -2.23. The van der Waals surface area contributed by atoms with Crippen molar-refractivity contribution in [2.45, 2.75) is 29.4 Å². The molecule has 2 aliphatic carbocycles. The summed E-state index contributed by atoms with van der Waals surface area (Å²) >= 11 is 0. The molecule has 0 heterocycles. The van der Waals surface area contributed by atoms with Crippen molar-refractivity contribution in [3.63, 3.8) is 0 Å². The zero-order valence-corrected chi connectivity index (χ0v) is 36.9. The van der Waals surface area contributed by atoms with E-state index < -0.39 is 147 Å². The molecule has 0 spiro atoms. The van der Waals surface area contributed by atoms with Crippen LogP contribution >= 0.6 is 0 Å². The van der Waals surface area contributed by atoms with Crippen LogP contribution in [0.25, 0.3) is 24.3 Å². The highest BCUT2D eigenvalue weighted by atomic mass is 32.2. The Morgan fingerprint density at radius 1 is 0.424 bits per heavy atom. The van der Waals surface area contributed by atoms with Crippen molar-refractivity contribution in [3.05, 3.63) is 94.1 Å². The van der Waals surface area contributed by atoms with E-state index in [1.54, 1.807) is 0 Å². The van der Waals surface area contributed by atoms with E-state index in [4.69, 9.17) is 11.5 Å². The summed E-state index contributed by atoms with van der Waals surface area (Å²) in [5.41, 5.74) is 9.37. The fourth-order valence-corrected chi connectivity index (χ4v) is 10.6. The van der Waals surface area contributed by atoms with Crippen LogP contribution in [0.15, 0.2) is 100 Å². The molecule has 0 unspecified atom stereocenters. The predicted molar refractivity (Wildman–Crippen MR) is 231 cm³/mol. The lowest BCUT2D eigenvalue weighted by Gasteiger charge is -2.18. The summed E-state index contributed by atoms with van der Waals surface area (Å²) in [4.78, 5) is 20.3. The molecule has 4 aromatic rings. The lowest BCUT2D eigenvalue weighted by molar-refractivity contribution is 0.105. The average molecular weight is 1030 g/mol. The summed E-state index contributed by atoms with van der Waals surface area (Å²) in [6, 6.07) is 6.65. The summed E-state index contributed by atoms with van der Waals surface area (Å²) < 4.78 is 204. The first-order chi connectivity index (χ1) is 30.2. The Bertz CT molecular complexity index is 3500. The van der Waals surface area contributed by atoms with Crippen molar-refractivity contribution in [1.29, 1.82) is 0 Å². The van der Waals surface area contributed by atoms with Crippen LogP contribution in [-0.4, -0.2) is 101 Å². The molecule has 66 heavy (non-hydrogen) atoms. The van der Waals surface area contributed by atoms with Crippen molar-refractivity contribution >= 4 is 131 Å². The molecule has 0 amide bonds. The third-order valence-electron chi connectivity index (χ3n) is 9.15. The van der Waals surface area contributed by atoms with Crippen LogP contribution in [0.2, 0.25) is 0 Å². The van der Waals surface area contributed by atoms with E-state index in [9.17, 15) is 87.4 Å². The second-order valence-corrected chi connectivity index (χ2v) is 21.7. The minimum absolute atomic E-state index is 0.247. The zero-order valence-electron chi connectivity index (χ0n) is 32.0. The van der Waals surface area contributed by atoms with E-state index in [2.05, 4.69) is 21.1 Å². The number of nitrogens with two attached hydrogens (primary N) is 2. The number of rotatable bonds is 12. The van der Waals surface area contributed by atoms with Crippen molar-refractivity contribution in [1.82, 2.24) is 0 Å². The maximum atomic E-state index is 13.3. The Labute approximate surface area is 372 Å². The van der Waals surface area contributed by atoms with E-state index in [0.29, 0.717) is 12.1 Å². The Balaban J connectivity index is 1.30. The minimum Gasteiger partial charge on any atom is -0.397 e. The molecular formula is C34H26N6O20S6. The standard InChI is InChI=1S/C34H26N6O20S6/c35-31-27(65(55,56)57)13-25(63(49,50)51)19-7-9-21(33(41)29(19)31)39-37-17-5-3-15(23(11-17)61(43,44)45)1-2-16-4-6-18(12-24(16)62(46,47)48)38-40-22-10-8-20-26(64(52,53)54)14-28(66(58,59)60)32(36)30(20)34(22)42/h1-14,37-38H,35-36H2,(H,43,44,45)(H,46,47,48)(H,49,50,51)(H,52,53,54)(H,55,56,57)(H,58,59,60)/b2-1+,39-21-,40-22+. The van der Waals surface area contributed by atoms with Gasteiger partial charge in [-0.3, -0.25) is 47.8 Å². The maximum absolute atomic E-state index is 13.3. The maximum Gasteiger partial charge on any atom is 0.296 e. The quantitative estimate of drug-likeness (QED) is 0.0419. The van der Waals surface area contributed by atoms with Crippen LogP contribution in [0.4, 0.5) is 22.7 Å². The first-order valence-electron chi connectivity index (χ1n) is 17.1. The zero-order chi connectivity index (χ0) is 49.3.